The van der Waals surface area contributed by atoms with Crippen LogP contribution < -0.4 is 10.1 Å². The number of nitrogens with one attached hydrogen (secondary N) is 1. The third-order valence-corrected chi connectivity index (χ3v) is 4.46. The number of ether oxygens (including phenoxy) is 1. The molecule has 0 aromatic heterocycles. The summed E-state index contributed by atoms with van der Waals surface area (Å²) in [6.07, 6.45) is -4.27. The van der Waals surface area contributed by atoms with E-state index in [0.717, 1.165) is 5.56 Å². The Balaban J connectivity index is 1.50. The van der Waals surface area contributed by atoms with E-state index in [2.05, 4.69) is 10.1 Å². The minimum atomic E-state index is -4.72. The first-order valence-electron chi connectivity index (χ1n) is 8.77. The molecule has 2 aromatic carbocycles. The Morgan fingerprint density at radius 1 is 1.07 bits per heavy atom. The molecule has 144 valence electrons. The summed E-state index contributed by atoms with van der Waals surface area (Å²) in [6, 6.07) is 15.8. The van der Waals surface area contributed by atoms with Crippen molar-refractivity contribution < 1.29 is 22.7 Å². The van der Waals surface area contributed by atoms with Crippen molar-refractivity contribution in [1.29, 1.82) is 0 Å². The summed E-state index contributed by atoms with van der Waals surface area (Å²) < 4.78 is 41.5. The van der Waals surface area contributed by atoms with Gasteiger partial charge in [-0.15, -0.1) is 13.2 Å². The maximum absolute atomic E-state index is 12.5. The zero-order chi connectivity index (χ0) is 19.3. The Hall–Kier alpha value is -2.54. The molecule has 2 aromatic rings. The van der Waals surface area contributed by atoms with Gasteiger partial charge in [-0.25, -0.2) is 0 Å². The highest BCUT2D eigenvalue weighted by Gasteiger charge is 2.32. The number of halogens is 3. The minimum Gasteiger partial charge on any atom is -0.405 e. The van der Waals surface area contributed by atoms with E-state index in [1.165, 1.54) is 12.1 Å². The molecule has 0 bridgehead atoms. The normalized spacial score (nSPS) is 17.4. The average molecular weight is 378 g/mol. The van der Waals surface area contributed by atoms with Crippen molar-refractivity contribution in [2.45, 2.75) is 25.9 Å². The summed E-state index contributed by atoms with van der Waals surface area (Å²) >= 11 is 0. The van der Waals surface area contributed by atoms with Crippen LogP contribution in [0.2, 0.25) is 0 Å². The van der Waals surface area contributed by atoms with Crippen molar-refractivity contribution in [1.82, 2.24) is 10.2 Å². The van der Waals surface area contributed by atoms with Gasteiger partial charge in [0.1, 0.15) is 5.75 Å². The van der Waals surface area contributed by atoms with Crippen LogP contribution in [-0.4, -0.2) is 30.3 Å². The molecule has 4 nitrogen and oxygen atoms in total. The molecule has 1 aliphatic rings. The maximum Gasteiger partial charge on any atom is 0.573 e. The van der Waals surface area contributed by atoms with Crippen LogP contribution in [0.5, 0.6) is 5.75 Å². The lowest BCUT2D eigenvalue weighted by atomic mass is 10.1. The predicted molar refractivity (Wildman–Crippen MR) is 94.8 cm³/mol. The highest BCUT2D eigenvalue weighted by molar-refractivity contribution is 5.78. The van der Waals surface area contributed by atoms with Gasteiger partial charge in [-0.05, 0) is 17.5 Å². The Bertz CT molecular complexity index is 765. The number of hydrogen-bond acceptors (Lipinski definition) is 3. The van der Waals surface area contributed by atoms with Gasteiger partial charge in [0.05, 0.1) is 0 Å². The van der Waals surface area contributed by atoms with Crippen LogP contribution in [-0.2, 0) is 17.9 Å². The van der Waals surface area contributed by atoms with Gasteiger partial charge in [0.25, 0.3) is 0 Å². The van der Waals surface area contributed by atoms with E-state index in [-0.39, 0.29) is 24.1 Å². The Labute approximate surface area is 155 Å². The molecule has 7 heteroatoms. The molecule has 27 heavy (non-hydrogen) atoms. The number of benzene rings is 2. The Morgan fingerprint density at radius 2 is 1.78 bits per heavy atom. The third-order valence-electron chi connectivity index (χ3n) is 4.46. The molecule has 1 fully saturated rings. The molecule has 0 spiro atoms. The van der Waals surface area contributed by atoms with Gasteiger partial charge in [0.15, 0.2) is 0 Å². The van der Waals surface area contributed by atoms with Crippen LogP contribution in [0.3, 0.4) is 0 Å². The molecular formula is C20H21F3N2O2. The second-order valence-electron chi connectivity index (χ2n) is 6.62. The molecule has 1 aliphatic heterocycles. The molecule has 0 radical (unpaired) electrons. The van der Waals surface area contributed by atoms with Gasteiger partial charge in [0, 0.05) is 38.2 Å². The number of para-hydroxylation sites is 1. The third kappa shape index (κ3) is 5.72. The van der Waals surface area contributed by atoms with Crippen molar-refractivity contribution in [3.8, 4) is 5.75 Å². The number of nitrogens with zero attached hydrogens (tertiary/aromatic N) is 1. The molecule has 1 saturated heterocycles. The lowest BCUT2D eigenvalue weighted by Gasteiger charge is -2.17. The first kappa shape index (κ1) is 19.2. The topological polar surface area (TPSA) is 41.6 Å². The number of amides is 1. The van der Waals surface area contributed by atoms with Gasteiger partial charge < -0.3 is 15.0 Å². The SMILES string of the molecule is O=C1CC(CNCc2ccccc2OC(F)(F)F)CN1Cc1ccccc1. The Kier molecular flexibility index (Phi) is 6.01. The molecule has 1 unspecified atom stereocenters. The van der Waals surface area contributed by atoms with Crippen LogP contribution in [0.4, 0.5) is 13.2 Å². The lowest BCUT2D eigenvalue weighted by molar-refractivity contribution is -0.274. The molecule has 0 saturated carbocycles. The predicted octanol–water partition coefficient (Wildman–Crippen LogP) is 3.72. The highest BCUT2D eigenvalue weighted by Crippen LogP contribution is 2.26. The summed E-state index contributed by atoms with van der Waals surface area (Å²) in [4.78, 5) is 14.0. The maximum atomic E-state index is 12.5. The fraction of sp³-hybridized carbons (Fsp3) is 0.350. The summed E-state index contributed by atoms with van der Waals surface area (Å²) in [7, 11) is 0. The number of rotatable bonds is 7. The fourth-order valence-corrected chi connectivity index (χ4v) is 3.23. The number of carbonyl (C=O) groups excluding carboxylic acids is 1. The summed E-state index contributed by atoms with van der Waals surface area (Å²) in [6.45, 7) is 2.02. The van der Waals surface area contributed by atoms with Gasteiger partial charge in [-0.1, -0.05) is 48.5 Å². The number of likely N-dealkylation sites (tertiary alicyclic amines) is 1. The minimum absolute atomic E-state index is 0.103. The van der Waals surface area contributed by atoms with Crippen molar-refractivity contribution in [3.63, 3.8) is 0 Å². The Morgan fingerprint density at radius 3 is 2.52 bits per heavy atom. The number of alkyl halides is 3. The van der Waals surface area contributed by atoms with E-state index in [1.807, 2.05) is 35.2 Å². The smallest absolute Gasteiger partial charge is 0.405 e. The van der Waals surface area contributed by atoms with E-state index >= 15 is 0 Å². The van der Waals surface area contributed by atoms with E-state index in [0.29, 0.717) is 31.6 Å². The molecule has 1 N–H and O–H groups in total. The monoisotopic (exact) mass is 378 g/mol. The van der Waals surface area contributed by atoms with Crippen LogP contribution >= 0.6 is 0 Å². The standard InChI is InChI=1S/C20H21F3N2O2/c21-20(22,23)27-18-9-5-4-8-17(18)12-24-11-16-10-19(26)25(14-16)13-15-6-2-1-3-7-15/h1-9,16,24H,10-14H2. The van der Waals surface area contributed by atoms with Gasteiger partial charge in [-0.2, -0.15) is 0 Å². The van der Waals surface area contributed by atoms with Crippen LogP contribution in [0, 0.1) is 5.92 Å². The quantitative estimate of drug-likeness (QED) is 0.798. The molecule has 0 aliphatic carbocycles. The van der Waals surface area contributed by atoms with Crippen molar-refractivity contribution >= 4 is 5.91 Å². The van der Waals surface area contributed by atoms with Crippen LogP contribution in [0.25, 0.3) is 0 Å². The zero-order valence-electron chi connectivity index (χ0n) is 14.7. The average Bonchev–Trinajstić information content (AvgIpc) is 2.95. The largest absolute Gasteiger partial charge is 0.573 e. The van der Waals surface area contributed by atoms with E-state index < -0.39 is 6.36 Å². The second-order valence-corrected chi connectivity index (χ2v) is 6.62. The van der Waals surface area contributed by atoms with Gasteiger partial charge in [0.2, 0.25) is 5.91 Å². The number of hydrogen-bond donors (Lipinski definition) is 1. The molecule has 1 atom stereocenters. The lowest BCUT2D eigenvalue weighted by Crippen LogP contribution is -2.27. The highest BCUT2D eigenvalue weighted by atomic mass is 19.4. The summed E-state index contributed by atoms with van der Waals surface area (Å²) in [5.41, 5.74) is 1.51. The van der Waals surface area contributed by atoms with E-state index in [4.69, 9.17) is 0 Å². The van der Waals surface area contributed by atoms with Gasteiger partial charge >= 0.3 is 6.36 Å². The van der Waals surface area contributed by atoms with Gasteiger partial charge in [-0.3, -0.25) is 4.79 Å². The molecule has 3 rings (SSSR count). The van der Waals surface area contributed by atoms with Crippen molar-refractivity contribution in [2.75, 3.05) is 13.1 Å². The van der Waals surface area contributed by atoms with Crippen LogP contribution in [0.15, 0.2) is 54.6 Å². The van der Waals surface area contributed by atoms with Crippen molar-refractivity contribution in [2.24, 2.45) is 5.92 Å². The number of carbonyl (C=O) groups is 1. The molecular weight excluding hydrogens is 357 g/mol. The molecule has 1 heterocycles. The molecule has 1 amide bonds. The van der Waals surface area contributed by atoms with E-state index in [9.17, 15) is 18.0 Å². The van der Waals surface area contributed by atoms with Crippen LogP contribution in [0.1, 0.15) is 17.5 Å². The summed E-state index contributed by atoms with van der Waals surface area (Å²) in [5.74, 6) is 0.0362. The first-order valence-corrected chi connectivity index (χ1v) is 8.77. The zero-order valence-corrected chi connectivity index (χ0v) is 14.7. The van der Waals surface area contributed by atoms with Crippen molar-refractivity contribution in [3.05, 3.63) is 65.7 Å². The summed E-state index contributed by atoms with van der Waals surface area (Å²) in [5, 5.41) is 3.15. The first-order chi connectivity index (χ1) is 12.9. The van der Waals surface area contributed by atoms with E-state index in [1.54, 1.807) is 12.1 Å². The second kappa shape index (κ2) is 8.43. The fourth-order valence-electron chi connectivity index (χ4n) is 3.23.